The lowest BCUT2D eigenvalue weighted by molar-refractivity contribution is 0.0635. The number of nitrogens with one attached hydrogen (secondary N) is 1. The lowest BCUT2D eigenvalue weighted by Crippen LogP contribution is -2.27. The summed E-state index contributed by atoms with van der Waals surface area (Å²) in [5, 5.41) is 2.38. The highest BCUT2D eigenvalue weighted by molar-refractivity contribution is 7.13. The standard InChI is InChI=1S/C19H18FN3O3S/c1-19(2,3)26-18(24)23-15-5-4-12(8-14(15)20)25-13-6-7-22-16(9-13)17-10-21-11-27-17/h4-11H,1-3H3,(H,23,24). The number of nitrogens with zero attached hydrogens (tertiary/aromatic N) is 2. The van der Waals surface area contributed by atoms with Crippen LogP contribution < -0.4 is 10.1 Å². The van der Waals surface area contributed by atoms with Gasteiger partial charge in [-0.3, -0.25) is 15.3 Å². The first-order valence-electron chi connectivity index (χ1n) is 8.12. The molecule has 0 radical (unpaired) electrons. The maximum atomic E-state index is 14.3. The minimum atomic E-state index is -0.724. The van der Waals surface area contributed by atoms with Gasteiger partial charge in [0.2, 0.25) is 0 Å². The molecule has 6 nitrogen and oxygen atoms in total. The SMILES string of the molecule is CC(C)(C)OC(=O)Nc1ccc(Oc2ccnc(-c3cncs3)c2)cc1F. The second kappa shape index (κ2) is 7.71. The number of carbonyl (C=O) groups is 1. The maximum absolute atomic E-state index is 14.3. The van der Waals surface area contributed by atoms with Gasteiger partial charge in [0, 0.05) is 24.5 Å². The van der Waals surface area contributed by atoms with E-state index in [4.69, 9.17) is 9.47 Å². The minimum absolute atomic E-state index is 0.0108. The van der Waals surface area contributed by atoms with E-state index in [9.17, 15) is 9.18 Å². The average molecular weight is 387 g/mol. The Balaban J connectivity index is 1.71. The average Bonchev–Trinajstić information content (AvgIpc) is 3.10. The molecule has 3 aromatic rings. The molecule has 0 fully saturated rings. The Morgan fingerprint density at radius 1 is 1.19 bits per heavy atom. The van der Waals surface area contributed by atoms with Crippen LogP contribution in [0.3, 0.4) is 0 Å². The molecule has 2 heterocycles. The fourth-order valence-electron chi connectivity index (χ4n) is 2.16. The van der Waals surface area contributed by atoms with Crippen LogP contribution in [0.1, 0.15) is 20.8 Å². The van der Waals surface area contributed by atoms with Gasteiger partial charge in [0.25, 0.3) is 0 Å². The van der Waals surface area contributed by atoms with Crippen LogP contribution in [0, 0.1) is 5.82 Å². The number of pyridine rings is 1. The van der Waals surface area contributed by atoms with E-state index in [1.165, 1.54) is 23.5 Å². The van der Waals surface area contributed by atoms with Crippen LogP contribution in [0.25, 0.3) is 10.6 Å². The predicted molar refractivity (Wildman–Crippen MR) is 102 cm³/mol. The Morgan fingerprint density at radius 3 is 2.63 bits per heavy atom. The molecule has 1 aromatic carbocycles. The Morgan fingerprint density at radius 2 is 1.96 bits per heavy atom. The Kier molecular flexibility index (Phi) is 5.36. The number of hydrogen-bond donors (Lipinski definition) is 1. The summed E-state index contributed by atoms with van der Waals surface area (Å²) in [6.07, 6.45) is 2.60. The molecule has 0 unspecified atom stereocenters. The molecule has 0 saturated carbocycles. The van der Waals surface area contributed by atoms with Crippen molar-refractivity contribution in [1.82, 2.24) is 9.97 Å². The number of benzene rings is 1. The number of rotatable bonds is 4. The van der Waals surface area contributed by atoms with E-state index in [1.807, 2.05) is 0 Å². The predicted octanol–water partition coefficient (Wildman–Crippen LogP) is 5.48. The Hall–Kier alpha value is -3.00. The van der Waals surface area contributed by atoms with Crippen LogP contribution in [0.5, 0.6) is 11.5 Å². The van der Waals surface area contributed by atoms with Crippen molar-refractivity contribution in [2.75, 3.05) is 5.32 Å². The van der Waals surface area contributed by atoms with Gasteiger partial charge in [0.1, 0.15) is 17.1 Å². The fraction of sp³-hybridized carbons (Fsp3) is 0.211. The summed E-state index contributed by atoms with van der Waals surface area (Å²) in [6.45, 7) is 5.19. The summed E-state index contributed by atoms with van der Waals surface area (Å²) in [5.74, 6) is 0.180. The van der Waals surface area contributed by atoms with Crippen LogP contribution in [0.15, 0.2) is 48.2 Å². The Labute approximate surface area is 160 Å². The van der Waals surface area contributed by atoms with E-state index in [2.05, 4.69) is 15.3 Å². The van der Waals surface area contributed by atoms with Gasteiger partial charge < -0.3 is 9.47 Å². The van der Waals surface area contributed by atoms with E-state index in [1.54, 1.807) is 56.9 Å². The van der Waals surface area contributed by atoms with E-state index in [-0.39, 0.29) is 5.69 Å². The van der Waals surface area contributed by atoms with Gasteiger partial charge in [0.05, 0.1) is 21.8 Å². The van der Waals surface area contributed by atoms with Gasteiger partial charge >= 0.3 is 6.09 Å². The molecule has 0 aliphatic carbocycles. The molecule has 3 rings (SSSR count). The van der Waals surface area contributed by atoms with Crippen molar-refractivity contribution in [3.8, 4) is 22.1 Å². The first-order valence-corrected chi connectivity index (χ1v) is 9.00. The summed E-state index contributed by atoms with van der Waals surface area (Å²) >= 11 is 1.46. The van der Waals surface area contributed by atoms with E-state index in [0.717, 1.165) is 10.6 Å². The zero-order valence-corrected chi connectivity index (χ0v) is 15.8. The number of aromatic nitrogens is 2. The molecule has 27 heavy (non-hydrogen) atoms. The highest BCUT2D eigenvalue weighted by Gasteiger charge is 2.17. The van der Waals surface area contributed by atoms with Crippen molar-refractivity contribution in [3.63, 3.8) is 0 Å². The molecule has 1 amide bonds. The molecule has 2 aromatic heterocycles. The number of ether oxygens (including phenoxy) is 2. The van der Waals surface area contributed by atoms with Gasteiger partial charge in [-0.15, -0.1) is 11.3 Å². The summed E-state index contributed by atoms with van der Waals surface area (Å²) in [7, 11) is 0. The van der Waals surface area contributed by atoms with Crippen LogP contribution in [0.4, 0.5) is 14.9 Å². The number of carbonyl (C=O) groups excluding carboxylic acids is 1. The Bertz CT molecular complexity index is 940. The monoisotopic (exact) mass is 387 g/mol. The lowest BCUT2D eigenvalue weighted by Gasteiger charge is -2.19. The molecule has 0 saturated heterocycles. The van der Waals surface area contributed by atoms with E-state index >= 15 is 0 Å². The molecular weight excluding hydrogens is 369 g/mol. The molecule has 8 heteroatoms. The maximum Gasteiger partial charge on any atom is 0.412 e. The molecule has 0 spiro atoms. The van der Waals surface area contributed by atoms with Crippen LogP contribution in [0.2, 0.25) is 0 Å². The van der Waals surface area contributed by atoms with Crippen molar-refractivity contribution in [3.05, 3.63) is 54.1 Å². The second-order valence-corrected chi connectivity index (χ2v) is 7.50. The smallest absolute Gasteiger partial charge is 0.412 e. The summed E-state index contributed by atoms with van der Waals surface area (Å²) in [4.78, 5) is 21.0. The zero-order valence-electron chi connectivity index (χ0n) is 15.0. The summed E-state index contributed by atoms with van der Waals surface area (Å²) < 4.78 is 25.1. The van der Waals surface area contributed by atoms with Crippen molar-refractivity contribution in [2.24, 2.45) is 0 Å². The van der Waals surface area contributed by atoms with Gasteiger partial charge in [-0.1, -0.05) is 0 Å². The number of hydrogen-bond acceptors (Lipinski definition) is 6. The van der Waals surface area contributed by atoms with Gasteiger partial charge in [-0.25, -0.2) is 9.18 Å². The van der Waals surface area contributed by atoms with Crippen molar-refractivity contribution in [1.29, 1.82) is 0 Å². The third-order valence-corrected chi connectivity index (χ3v) is 4.02. The van der Waals surface area contributed by atoms with Crippen molar-refractivity contribution < 1.29 is 18.7 Å². The van der Waals surface area contributed by atoms with Crippen LogP contribution in [-0.2, 0) is 4.74 Å². The van der Waals surface area contributed by atoms with Crippen LogP contribution in [-0.4, -0.2) is 21.7 Å². The largest absolute Gasteiger partial charge is 0.457 e. The lowest BCUT2D eigenvalue weighted by atomic mass is 10.2. The summed E-state index contributed by atoms with van der Waals surface area (Å²) in [5.41, 5.74) is 1.78. The number of amides is 1. The topological polar surface area (TPSA) is 73.3 Å². The third-order valence-electron chi connectivity index (χ3n) is 3.23. The van der Waals surface area contributed by atoms with Gasteiger partial charge in [-0.2, -0.15) is 0 Å². The molecule has 1 N–H and O–H groups in total. The van der Waals surface area contributed by atoms with Crippen LogP contribution >= 0.6 is 11.3 Å². The first kappa shape index (κ1) is 18.8. The molecule has 0 aliphatic rings. The van der Waals surface area contributed by atoms with E-state index in [0.29, 0.717) is 11.5 Å². The number of halogens is 1. The minimum Gasteiger partial charge on any atom is -0.457 e. The highest BCUT2D eigenvalue weighted by Crippen LogP contribution is 2.29. The second-order valence-electron chi connectivity index (χ2n) is 6.61. The fourth-order valence-corrected chi connectivity index (χ4v) is 2.75. The molecule has 0 aliphatic heterocycles. The van der Waals surface area contributed by atoms with E-state index < -0.39 is 17.5 Å². The summed E-state index contributed by atoms with van der Waals surface area (Å²) in [6, 6.07) is 7.59. The highest BCUT2D eigenvalue weighted by atomic mass is 32.1. The van der Waals surface area contributed by atoms with Crippen molar-refractivity contribution >= 4 is 23.1 Å². The quantitative estimate of drug-likeness (QED) is 0.641. The first-order chi connectivity index (χ1) is 12.8. The van der Waals surface area contributed by atoms with Gasteiger partial charge in [-0.05, 0) is 39.0 Å². The third kappa shape index (κ3) is 5.24. The van der Waals surface area contributed by atoms with Gasteiger partial charge in [0.15, 0.2) is 5.82 Å². The van der Waals surface area contributed by atoms with Crippen molar-refractivity contribution in [2.45, 2.75) is 26.4 Å². The normalized spacial score (nSPS) is 11.1. The molecule has 0 bridgehead atoms. The molecular formula is C19H18FN3O3S. The molecule has 140 valence electrons. The zero-order chi connectivity index (χ0) is 19.4. The number of thiazole rings is 1. The number of anilines is 1. The molecule has 0 atom stereocenters.